The number of halogens is 2. The van der Waals surface area contributed by atoms with Gasteiger partial charge in [-0.2, -0.15) is 0 Å². The Bertz CT molecular complexity index is 412. The second-order valence-electron chi connectivity index (χ2n) is 3.86. The van der Waals surface area contributed by atoms with Crippen molar-refractivity contribution in [2.75, 3.05) is 13.2 Å². The number of rotatable bonds is 1. The zero-order chi connectivity index (χ0) is 11.0. The quantitative estimate of drug-likeness (QED) is 0.692. The summed E-state index contributed by atoms with van der Waals surface area (Å²) < 4.78 is 32.4. The fraction of sp³-hybridized carbons (Fsp3) is 0.333. The summed E-state index contributed by atoms with van der Waals surface area (Å²) in [5, 5.41) is 0. The van der Waals surface area contributed by atoms with Gasteiger partial charge in [0.05, 0.1) is 18.8 Å². The molecule has 1 aliphatic heterocycles. The Labute approximate surface area is 87.4 Å². The van der Waals surface area contributed by atoms with Gasteiger partial charge in [0, 0.05) is 0 Å². The van der Waals surface area contributed by atoms with E-state index in [2.05, 4.69) is 0 Å². The molecule has 1 aromatic carbocycles. The van der Waals surface area contributed by atoms with Gasteiger partial charge in [-0.05, 0) is 42.7 Å². The van der Waals surface area contributed by atoms with Crippen LogP contribution in [0.5, 0.6) is 0 Å². The Morgan fingerprint density at radius 2 is 1.67 bits per heavy atom. The third kappa shape index (κ3) is 1.79. The summed E-state index contributed by atoms with van der Waals surface area (Å²) in [6, 6.07) is 2.69. The van der Waals surface area contributed by atoms with E-state index in [1.165, 1.54) is 12.1 Å². The molecule has 0 spiro atoms. The summed E-state index contributed by atoms with van der Waals surface area (Å²) in [4.78, 5) is 0. The minimum absolute atomic E-state index is 0.0654. The molecule has 0 saturated carbocycles. The standard InChI is InChI=1S/C12H12F2O/c1-7-3-10(13)12(11(14)4-7)9-6-15-5-8(9)2/h3-4H,5-6H2,1-2H3. The average Bonchev–Trinajstić information content (AvgIpc) is 2.50. The van der Waals surface area contributed by atoms with Crippen molar-refractivity contribution < 1.29 is 13.5 Å². The summed E-state index contributed by atoms with van der Waals surface area (Å²) in [6.07, 6.45) is 0. The summed E-state index contributed by atoms with van der Waals surface area (Å²) in [5.41, 5.74) is 2.20. The Hall–Kier alpha value is -1.22. The van der Waals surface area contributed by atoms with E-state index >= 15 is 0 Å². The molecular weight excluding hydrogens is 198 g/mol. The van der Waals surface area contributed by atoms with Gasteiger partial charge < -0.3 is 4.74 Å². The first-order valence-corrected chi connectivity index (χ1v) is 4.82. The Morgan fingerprint density at radius 1 is 1.07 bits per heavy atom. The third-order valence-corrected chi connectivity index (χ3v) is 2.57. The summed E-state index contributed by atoms with van der Waals surface area (Å²) in [6.45, 7) is 4.26. The van der Waals surface area contributed by atoms with Gasteiger partial charge in [-0.3, -0.25) is 0 Å². The van der Waals surface area contributed by atoms with E-state index in [9.17, 15) is 8.78 Å². The molecule has 80 valence electrons. The van der Waals surface area contributed by atoms with Crippen LogP contribution in [-0.2, 0) is 4.74 Å². The maximum atomic E-state index is 13.6. The second-order valence-corrected chi connectivity index (χ2v) is 3.86. The lowest BCUT2D eigenvalue weighted by Crippen LogP contribution is -1.98. The molecule has 0 saturated heterocycles. The Morgan fingerprint density at radius 3 is 2.13 bits per heavy atom. The molecule has 1 nitrogen and oxygen atoms in total. The van der Waals surface area contributed by atoms with Gasteiger partial charge in [0.15, 0.2) is 0 Å². The van der Waals surface area contributed by atoms with E-state index in [0.717, 1.165) is 5.57 Å². The maximum Gasteiger partial charge on any atom is 0.133 e. The fourth-order valence-corrected chi connectivity index (χ4v) is 1.79. The summed E-state index contributed by atoms with van der Waals surface area (Å²) in [5.74, 6) is -1.01. The van der Waals surface area contributed by atoms with Crippen molar-refractivity contribution in [3.05, 3.63) is 40.5 Å². The molecule has 3 heteroatoms. The Balaban J connectivity index is 2.58. The van der Waals surface area contributed by atoms with Crippen LogP contribution in [0.3, 0.4) is 0 Å². The van der Waals surface area contributed by atoms with Crippen LogP contribution >= 0.6 is 0 Å². The van der Waals surface area contributed by atoms with Crippen LogP contribution in [0.15, 0.2) is 17.7 Å². The van der Waals surface area contributed by atoms with E-state index in [0.29, 0.717) is 24.4 Å². The largest absolute Gasteiger partial charge is 0.372 e. The summed E-state index contributed by atoms with van der Waals surface area (Å²) in [7, 11) is 0. The van der Waals surface area contributed by atoms with E-state index in [-0.39, 0.29) is 5.56 Å². The number of ether oxygens (including phenoxy) is 1. The van der Waals surface area contributed by atoms with Gasteiger partial charge in [0.2, 0.25) is 0 Å². The van der Waals surface area contributed by atoms with Crippen LogP contribution < -0.4 is 0 Å². The van der Waals surface area contributed by atoms with Crippen LogP contribution in [0.4, 0.5) is 8.78 Å². The fourth-order valence-electron chi connectivity index (χ4n) is 1.79. The molecule has 1 aliphatic rings. The van der Waals surface area contributed by atoms with Crippen molar-refractivity contribution in [1.29, 1.82) is 0 Å². The van der Waals surface area contributed by atoms with Crippen molar-refractivity contribution >= 4 is 5.57 Å². The highest BCUT2D eigenvalue weighted by molar-refractivity contribution is 5.71. The first-order chi connectivity index (χ1) is 7.09. The topological polar surface area (TPSA) is 9.23 Å². The first kappa shape index (κ1) is 10.3. The first-order valence-electron chi connectivity index (χ1n) is 4.82. The van der Waals surface area contributed by atoms with Crippen molar-refractivity contribution in [3.63, 3.8) is 0 Å². The molecule has 0 atom stereocenters. The molecule has 15 heavy (non-hydrogen) atoms. The van der Waals surface area contributed by atoms with E-state index < -0.39 is 11.6 Å². The molecule has 0 bridgehead atoms. The predicted molar refractivity (Wildman–Crippen MR) is 54.5 cm³/mol. The van der Waals surface area contributed by atoms with E-state index in [1.807, 2.05) is 6.92 Å². The van der Waals surface area contributed by atoms with Crippen LogP contribution in [-0.4, -0.2) is 13.2 Å². The average molecular weight is 210 g/mol. The van der Waals surface area contributed by atoms with Crippen LogP contribution in [0.2, 0.25) is 0 Å². The molecule has 0 aliphatic carbocycles. The molecule has 0 radical (unpaired) electrons. The minimum atomic E-state index is -0.507. The van der Waals surface area contributed by atoms with Gasteiger partial charge in [0.1, 0.15) is 11.6 Å². The van der Waals surface area contributed by atoms with E-state index in [1.54, 1.807) is 6.92 Å². The van der Waals surface area contributed by atoms with Crippen LogP contribution in [0.25, 0.3) is 5.57 Å². The summed E-state index contributed by atoms with van der Waals surface area (Å²) >= 11 is 0. The van der Waals surface area contributed by atoms with Crippen LogP contribution in [0.1, 0.15) is 18.1 Å². The lowest BCUT2D eigenvalue weighted by Gasteiger charge is -2.07. The predicted octanol–water partition coefficient (Wildman–Crippen LogP) is 3.08. The molecule has 0 amide bonds. The van der Waals surface area contributed by atoms with Gasteiger partial charge in [-0.15, -0.1) is 0 Å². The number of aryl methyl sites for hydroxylation is 1. The molecule has 0 fully saturated rings. The van der Waals surface area contributed by atoms with Gasteiger partial charge in [-0.25, -0.2) is 8.78 Å². The molecule has 2 rings (SSSR count). The highest BCUT2D eigenvalue weighted by Crippen LogP contribution is 2.29. The third-order valence-electron chi connectivity index (χ3n) is 2.57. The lowest BCUT2D eigenvalue weighted by molar-refractivity contribution is 0.211. The molecule has 0 aromatic heterocycles. The normalized spacial score (nSPS) is 16.3. The van der Waals surface area contributed by atoms with Crippen molar-refractivity contribution in [2.45, 2.75) is 13.8 Å². The lowest BCUT2D eigenvalue weighted by atomic mass is 10.0. The van der Waals surface area contributed by atoms with Crippen molar-refractivity contribution in [2.24, 2.45) is 0 Å². The number of hydrogen-bond acceptors (Lipinski definition) is 1. The van der Waals surface area contributed by atoms with Gasteiger partial charge in [-0.1, -0.05) is 0 Å². The molecule has 1 heterocycles. The van der Waals surface area contributed by atoms with Gasteiger partial charge in [0.25, 0.3) is 0 Å². The van der Waals surface area contributed by atoms with E-state index in [4.69, 9.17) is 4.74 Å². The molecule has 0 N–H and O–H groups in total. The highest BCUT2D eigenvalue weighted by atomic mass is 19.1. The smallest absolute Gasteiger partial charge is 0.133 e. The van der Waals surface area contributed by atoms with Crippen LogP contribution in [0, 0.1) is 18.6 Å². The second kappa shape index (κ2) is 3.74. The monoisotopic (exact) mass is 210 g/mol. The SMILES string of the molecule is CC1=C(c2c(F)cc(C)cc2F)COC1. The van der Waals surface area contributed by atoms with Crippen molar-refractivity contribution in [3.8, 4) is 0 Å². The zero-order valence-corrected chi connectivity index (χ0v) is 8.73. The minimum Gasteiger partial charge on any atom is -0.372 e. The molecule has 1 aromatic rings. The number of benzene rings is 1. The molecular formula is C12H12F2O. The maximum absolute atomic E-state index is 13.6. The molecule has 0 unspecified atom stereocenters. The zero-order valence-electron chi connectivity index (χ0n) is 8.73. The Kier molecular flexibility index (Phi) is 2.57. The number of hydrogen-bond donors (Lipinski definition) is 0. The van der Waals surface area contributed by atoms with Crippen molar-refractivity contribution in [1.82, 2.24) is 0 Å². The van der Waals surface area contributed by atoms with Gasteiger partial charge >= 0.3 is 0 Å². The highest BCUT2D eigenvalue weighted by Gasteiger charge is 2.20.